The molecule has 74 valence electrons. The van der Waals surface area contributed by atoms with Crippen molar-refractivity contribution < 1.29 is 9.53 Å². The van der Waals surface area contributed by atoms with E-state index in [1.165, 1.54) is 5.56 Å². The average molecular weight is 190 g/mol. The van der Waals surface area contributed by atoms with Crippen LogP contribution in [-0.4, -0.2) is 12.1 Å². The Balaban J connectivity index is 2.15. The van der Waals surface area contributed by atoms with E-state index in [-0.39, 0.29) is 12.1 Å². The fourth-order valence-electron chi connectivity index (χ4n) is 1.98. The van der Waals surface area contributed by atoms with E-state index in [1.54, 1.807) is 0 Å². The van der Waals surface area contributed by atoms with Crippen molar-refractivity contribution in [2.45, 2.75) is 31.8 Å². The van der Waals surface area contributed by atoms with Crippen molar-refractivity contribution in [3.05, 3.63) is 35.9 Å². The molecule has 1 saturated heterocycles. The largest absolute Gasteiger partial charge is 0.463 e. The molecule has 1 aromatic rings. The summed E-state index contributed by atoms with van der Waals surface area (Å²) in [4.78, 5) is 11.2. The molecule has 14 heavy (non-hydrogen) atoms. The van der Waals surface area contributed by atoms with E-state index < -0.39 is 0 Å². The Kier molecular flexibility index (Phi) is 2.53. The number of benzene rings is 1. The van der Waals surface area contributed by atoms with E-state index in [1.807, 2.05) is 25.1 Å². The Hall–Kier alpha value is -1.31. The number of carbonyl (C=O) groups is 1. The van der Waals surface area contributed by atoms with Crippen LogP contribution in [0.4, 0.5) is 0 Å². The second kappa shape index (κ2) is 3.82. The van der Waals surface area contributed by atoms with Crippen LogP contribution in [0.2, 0.25) is 0 Å². The van der Waals surface area contributed by atoms with E-state index in [2.05, 4.69) is 12.1 Å². The van der Waals surface area contributed by atoms with Gasteiger partial charge in [0.05, 0.1) is 12.5 Å². The maximum absolute atomic E-state index is 11.2. The molecule has 2 nitrogen and oxygen atoms in total. The Morgan fingerprint density at radius 1 is 1.29 bits per heavy atom. The number of cyclic esters (lactones) is 1. The van der Waals surface area contributed by atoms with Crippen molar-refractivity contribution in [1.82, 2.24) is 0 Å². The topological polar surface area (TPSA) is 26.3 Å². The van der Waals surface area contributed by atoms with Crippen molar-refractivity contribution in [2.24, 2.45) is 0 Å². The number of esters is 1. The number of rotatable bonds is 1. The summed E-state index contributed by atoms with van der Waals surface area (Å²) in [7, 11) is 0. The fourth-order valence-corrected chi connectivity index (χ4v) is 1.98. The van der Waals surface area contributed by atoms with Gasteiger partial charge in [0.1, 0.15) is 0 Å². The minimum Gasteiger partial charge on any atom is -0.463 e. The molecule has 0 aromatic heterocycles. The minimum absolute atomic E-state index is 0.0569. The normalized spacial score (nSPS) is 27.1. The summed E-state index contributed by atoms with van der Waals surface area (Å²) in [6.07, 6.45) is 1.52. The average Bonchev–Trinajstić information content (AvgIpc) is 2.18. The molecule has 2 atom stereocenters. The highest BCUT2D eigenvalue weighted by molar-refractivity contribution is 5.71. The number of hydrogen-bond donors (Lipinski definition) is 0. The fraction of sp³-hybridized carbons (Fsp3) is 0.417. The van der Waals surface area contributed by atoms with Gasteiger partial charge in [0.25, 0.3) is 0 Å². The molecule has 1 aliphatic rings. The summed E-state index contributed by atoms with van der Waals surface area (Å²) in [5, 5.41) is 0. The van der Waals surface area contributed by atoms with Gasteiger partial charge in [0, 0.05) is 0 Å². The van der Waals surface area contributed by atoms with Gasteiger partial charge in [-0.05, 0) is 24.8 Å². The summed E-state index contributed by atoms with van der Waals surface area (Å²) in [6, 6.07) is 10.2. The summed E-state index contributed by atoms with van der Waals surface area (Å²) in [5.41, 5.74) is 1.25. The van der Waals surface area contributed by atoms with Gasteiger partial charge in [-0.1, -0.05) is 30.3 Å². The van der Waals surface area contributed by atoms with Crippen LogP contribution in [0.15, 0.2) is 30.3 Å². The highest BCUT2D eigenvalue weighted by Crippen LogP contribution is 2.30. The van der Waals surface area contributed by atoms with Crippen molar-refractivity contribution in [2.75, 3.05) is 0 Å². The second-order valence-corrected chi connectivity index (χ2v) is 3.85. The molecular formula is C12H14O2. The van der Waals surface area contributed by atoms with Crippen LogP contribution in [0.3, 0.4) is 0 Å². The molecule has 1 heterocycles. The maximum atomic E-state index is 11.2. The van der Waals surface area contributed by atoms with E-state index in [0.29, 0.717) is 12.3 Å². The third-order valence-electron chi connectivity index (χ3n) is 2.63. The van der Waals surface area contributed by atoms with Crippen LogP contribution in [-0.2, 0) is 9.53 Å². The SMILES string of the molecule is C[C@H]1C[C@H](c2ccccc2)CC(=O)O1. The Morgan fingerprint density at radius 2 is 2.00 bits per heavy atom. The van der Waals surface area contributed by atoms with Gasteiger partial charge >= 0.3 is 5.97 Å². The molecule has 1 fully saturated rings. The van der Waals surface area contributed by atoms with Crippen LogP contribution >= 0.6 is 0 Å². The Bertz CT molecular complexity index is 318. The lowest BCUT2D eigenvalue weighted by Gasteiger charge is -2.26. The van der Waals surface area contributed by atoms with Crippen LogP contribution in [0.1, 0.15) is 31.2 Å². The zero-order valence-corrected chi connectivity index (χ0v) is 8.27. The molecule has 0 saturated carbocycles. The van der Waals surface area contributed by atoms with Gasteiger partial charge in [-0.15, -0.1) is 0 Å². The van der Waals surface area contributed by atoms with Crippen LogP contribution in [0.25, 0.3) is 0 Å². The molecule has 2 rings (SSSR count). The minimum atomic E-state index is -0.0717. The molecule has 1 aliphatic heterocycles. The maximum Gasteiger partial charge on any atom is 0.306 e. The van der Waals surface area contributed by atoms with Gasteiger partial charge in [-0.3, -0.25) is 4.79 Å². The van der Waals surface area contributed by atoms with Crippen LogP contribution in [0.5, 0.6) is 0 Å². The quantitative estimate of drug-likeness (QED) is 0.636. The number of carbonyl (C=O) groups excluding carboxylic acids is 1. The van der Waals surface area contributed by atoms with Gasteiger partial charge < -0.3 is 4.74 Å². The molecule has 0 aliphatic carbocycles. The number of ether oxygens (including phenoxy) is 1. The molecule has 0 bridgehead atoms. The second-order valence-electron chi connectivity index (χ2n) is 3.85. The molecule has 0 spiro atoms. The summed E-state index contributed by atoms with van der Waals surface area (Å²) in [6.45, 7) is 1.95. The first-order chi connectivity index (χ1) is 6.75. The predicted octanol–water partition coefficient (Wildman–Crippen LogP) is 2.50. The first kappa shape index (κ1) is 9.25. The molecule has 0 unspecified atom stereocenters. The third-order valence-corrected chi connectivity index (χ3v) is 2.63. The Labute approximate surface area is 83.9 Å². The predicted molar refractivity (Wildman–Crippen MR) is 54.0 cm³/mol. The van der Waals surface area contributed by atoms with Crippen LogP contribution in [0, 0.1) is 0 Å². The monoisotopic (exact) mass is 190 g/mol. The van der Waals surface area contributed by atoms with Crippen molar-refractivity contribution in [3.63, 3.8) is 0 Å². The van der Waals surface area contributed by atoms with E-state index in [4.69, 9.17) is 4.74 Å². The lowest BCUT2D eigenvalue weighted by atomic mass is 9.89. The van der Waals surface area contributed by atoms with Gasteiger partial charge in [-0.2, -0.15) is 0 Å². The lowest BCUT2D eigenvalue weighted by Crippen LogP contribution is -2.26. The van der Waals surface area contributed by atoms with Crippen molar-refractivity contribution in [3.8, 4) is 0 Å². The number of hydrogen-bond acceptors (Lipinski definition) is 2. The van der Waals surface area contributed by atoms with E-state index >= 15 is 0 Å². The van der Waals surface area contributed by atoms with Crippen molar-refractivity contribution >= 4 is 5.97 Å². The highest BCUT2D eigenvalue weighted by Gasteiger charge is 2.26. The summed E-state index contributed by atoms with van der Waals surface area (Å²) < 4.78 is 5.10. The molecule has 1 aromatic carbocycles. The van der Waals surface area contributed by atoms with Gasteiger partial charge in [0.2, 0.25) is 0 Å². The first-order valence-electron chi connectivity index (χ1n) is 5.00. The molecule has 0 N–H and O–H groups in total. The zero-order valence-electron chi connectivity index (χ0n) is 8.27. The summed E-state index contributed by atoms with van der Waals surface area (Å²) >= 11 is 0. The van der Waals surface area contributed by atoms with E-state index in [0.717, 1.165) is 6.42 Å². The molecule has 0 amide bonds. The highest BCUT2D eigenvalue weighted by atomic mass is 16.5. The first-order valence-corrected chi connectivity index (χ1v) is 5.00. The van der Waals surface area contributed by atoms with Crippen molar-refractivity contribution in [1.29, 1.82) is 0 Å². The lowest BCUT2D eigenvalue weighted by molar-refractivity contribution is -0.153. The van der Waals surface area contributed by atoms with E-state index in [9.17, 15) is 4.79 Å². The summed E-state index contributed by atoms with van der Waals surface area (Å²) in [5.74, 6) is 0.269. The molecule has 0 radical (unpaired) electrons. The van der Waals surface area contributed by atoms with Gasteiger partial charge in [0.15, 0.2) is 0 Å². The zero-order chi connectivity index (χ0) is 9.97. The molecular weight excluding hydrogens is 176 g/mol. The Morgan fingerprint density at radius 3 is 2.64 bits per heavy atom. The van der Waals surface area contributed by atoms with Gasteiger partial charge in [-0.25, -0.2) is 0 Å². The standard InChI is InChI=1S/C12H14O2/c1-9-7-11(8-12(13)14-9)10-5-3-2-4-6-10/h2-6,9,11H,7-8H2,1H3/t9-,11-/m0/s1. The van der Waals surface area contributed by atoms with Crippen LogP contribution < -0.4 is 0 Å². The molecule has 2 heteroatoms. The smallest absolute Gasteiger partial charge is 0.306 e. The third kappa shape index (κ3) is 1.95.